The van der Waals surface area contributed by atoms with Gasteiger partial charge < -0.3 is 5.11 Å². The van der Waals surface area contributed by atoms with Crippen LogP contribution in [0, 0.1) is 40.4 Å². The van der Waals surface area contributed by atoms with Crippen molar-refractivity contribution in [3.63, 3.8) is 0 Å². The monoisotopic (exact) mass is 332 g/mol. The first-order chi connectivity index (χ1) is 11.3. The van der Waals surface area contributed by atoms with Gasteiger partial charge in [0.25, 0.3) is 0 Å². The quantitative estimate of drug-likeness (QED) is 0.801. The van der Waals surface area contributed by atoms with Crippen LogP contribution in [0.3, 0.4) is 0 Å². The van der Waals surface area contributed by atoms with Crippen molar-refractivity contribution >= 4 is 17.3 Å². The van der Waals surface area contributed by atoms with Crippen molar-refractivity contribution in [1.29, 1.82) is 0 Å². The highest BCUT2D eigenvalue weighted by Gasteiger charge is 2.65. The molecule has 0 aliphatic heterocycles. The molecule has 1 N–H and O–H groups in total. The van der Waals surface area contributed by atoms with Gasteiger partial charge in [-0.25, -0.2) is 0 Å². The minimum atomic E-state index is -0.418. The minimum absolute atomic E-state index is 0.0149. The number of carbonyl (C=O) groups excluding carboxylic acids is 3. The molecule has 7 atom stereocenters. The summed E-state index contributed by atoms with van der Waals surface area (Å²) in [6, 6.07) is 0. The fraction of sp³-hybridized carbons (Fsp3) is 0.850. The van der Waals surface area contributed by atoms with Gasteiger partial charge in [0.15, 0.2) is 0 Å². The number of hydrogen-bond acceptors (Lipinski definition) is 4. The Morgan fingerprint density at radius 1 is 1.00 bits per heavy atom. The molecule has 4 nitrogen and oxygen atoms in total. The number of Topliss-reactive ketones (excluding diaryl/α,β-unsaturated/α-hetero) is 3. The van der Waals surface area contributed by atoms with Gasteiger partial charge in [0, 0.05) is 36.5 Å². The molecule has 4 saturated carbocycles. The van der Waals surface area contributed by atoms with Crippen molar-refractivity contribution in [2.45, 2.75) is 58.8 Å². The van der Waals surface area contributed by atoms with E-state index in [1.54, 1.807) is 0 Å². The molecule has 0 bridgehead atoms. The molecule has 0 radical (unpaired) electrons. The lowest BCUT2D eigenvalue weighted by Crippen LogP contribution is -2.61. The van der Waals surface area contributed by atoms with E-state index in [0.29, 0.717) is 25.0 Å². The van der Waals surface area contributed by atoms with E-state index >= 15 is 0 Å². The maximum atomic E-state index is 13.3. The van der Waals surface area contributed by atoms with Crippen LogP contribution in [0.25, 0.3) is 0 Å². The molecule has 4 heteroatoms. The lowest BCUT2D eigenvalue weighted by molar-refractivity contribution is -0.170. The summed E-state index contributed by atoms with van der Waals surface area (Å²) in [7, 11) is 0. The van der Waals surface area contributed by atoms with Crippen LogP contribution >= 0.6 is 0 Å². The van der Waals surface area contributed by atoms with Gasteiger partial charge in [0.05, 0.1) is 6.61 Å². The summed E-state index contributed by atoms with van der Waals surface area (Å²) in [5, 5.41) is 9.95. The summed E-state index contributed by atoms with van der Waals surface area (Å²) < 4.78 is 0. The summed E-state index contributed by atoms with van der Waals surface area (Å²) in [5.74, 6) is 0.587. The van der Waals surface area contributed by atoms with Crippen molar-refractivity contribution in [3.8, 4) is 0 Å². The summed E-state index contributed by atoms with van der Waals surface area (Å²) in [6.07, 6.45) is 5.08. The number of ketones is 3. The van der Waals surface area contributed by atoms with Crippen LogP contribution in [0.1, 0.15) is 58.8 Å². The van der Waals surface area contributed by atoms with Gasteiger partial charge in [-0.1, -0.05) is 13.8 Å². The van der Waals surface area contributed by atoms with Crippen molar-refractivity contribution in [2.24, 2.45) is 40.4 Å². The first kappa shape index (κ1) is 16.4. The molecule has 0 aromatic rings. The Bertz CT molecular complexity index is 611. The van der Waals surface area contributed by atoms with Gasteiger partial charge in [-0.3, -0.25) is 14.4 Å². The average Bonchev–Trinajstić information content (AvgIpc) is 2.85. The van der Waals surface area contributed by atoms with Crippen LogP contribution in [-0.2, 0) is 14.4 Å². The highest BCUT2D eigenvalue weighted by atomic mass is 16.3. The molecule has 3 unspecified atom stereocenters. The average molecular weight is 332 g/mol. The fourth-order valence-corrected chi connectivity index (χ4v) is 6.95. The van der Waals surface area contributed by atoms with Gasteiger partial charge >= 0.3 is 0 Å². The van der Waals surface area contributed by atoms with Gasteiger partial charge in [0.2, 0.25) is 0 Å². The van der Waals surface area contributed by atoms with E-state index in [-0.39, 0.29) is 52.7 Å². The molecule has 0 aromatic carbocycles. The van der Waals surface area contributed by atoms with Crippen molar-refractivity contribution in [2.75, 3.05) is 6.61 Å². The minimum Gasteiger partial charge on any atom is -0.396 e. The Morgan fingerprint density at radius 3 is 2.46 bits per heavy atom. The third-order valence-electron chi connectivity index (χ3n) is 8.44. The lowest BCUT2D eigenvalue weighted by Gasteiger charge is -2.60. The molecule has 4 fully saturated rings. The molecule has 0 saturated heterocycles. The van der Waals surface area contributed by atoms with E-state index in [2.05, 4.69) is 13.8 Å². The fourth-order valence-electron chi connectivity index (χ4n) is 6.95. The van der Waals surface area contributed by atoms with Gasteiger partial charge in [0.1, 0.15) is 17.3 Å². The number of carbonyl (C=O) groups is 3. The number of hydrogen-bond donors (Lipinski definition) is 1. The largest absolute Gasteiger partial charge is 0.396 e. The van der Waals surface area contributed by atoms with E-state index in [0.717, 1.165) is 25.7 Å². The molecule has 0 amide bonds. The Labute approximate surface area is 143 Å². The van der Waals surface area contributed by atoms with Crippen LogP contribution in [-0.4, -0.2) is 29.1 Å². The van der Waals surface area contributed by atoms with E-state index in [9.17, 15) is 19.5 Å². The summed E-state index contributed by atoms with van der Waals surface area (Å²) in [4.78, 5) is 37.8. The zero-order valence-electron chi connectivity index (χ0n) is 14.7. The zero-order valence-corrected chi connectivity index (χ0v) is 14.7. The van der Waals surface area contributed by atoms with Gasteiger partial charge in [-0.15, -0.1) is 0 Å². The molecular formula is C20H28O4. The van der Waals surface area contributed by atoms with Crippen LogP contribution < -0.4 is 0 Å². The van der Waals surface area contributed by atoms with E-state index in [1.165, 1.54) is 0 Å². The lowest BCUT2D eigenvalue weighted by atomic mass is 9.43. The van der Waals surface area contributed by atoms with Gasteiger partial charge in [-0.05, 0) is 48.9 Å². The summed E-state index contributed by atoms with van der Waals surface area (Å²) >= 11 is 0. The second kappa shape index (κ2) is 5.23. The second-order valence-corrected chi connectivity index (χ2v) is 9.20. The first-order valence-corrected chi connectivity index (χ1v) is 9.52. The Balaban J connectivity index is 1.77. The Morgan fingerprint density at radius 2 is 1.75 bits per heavy atom. The predicted molar refractivity (Wildman–Crippen MR) is 88.1 cm³/mol. The third kappa shape index (κ3) is 1.92. The van der Waals surface area contributed by atoms with E-state index in [1.807, 2.05) is 0 Å². The van der Waals surface area contributed by atoms with Gasteiger partial charge in [-0.2, -0.15) is 0 Å². The molecule has 0 spiro atoms. The molecule has 4 rings (SSSR count). The Hall–Kier alpha value is -1.03. The summed E-state index contributed by atoms with van der Waals surface area (Å²) in [6.45, 7) is 4.15. The van der Waals surface area contributed by atoms with Crippen molar-refractivity contribution in [3.05, 3.63) is 0 Å². The maximum Gasteiger partial charge on any atom is 0.142 e. The standard InChI is InChI=1S/C20H28O4/c1-19-7-5-11(22)9-15(19)12(10-21)18(24)17-13-3-4-16(23)20(13,2)8-6-14(17)19/h12-15,17,21H,3-10H2,1-2H3/t12-,13?,14?,15-,17?,19-,20+/m1/s1. The smallest absolute Gasteiger partial charge is 0.142 e. The Kier molecular flexibility index (Phi) is 3.58. The molecule has 4 aliphatic carbocycles. The molecule has 132 valence electrons. The molecule has 24 heavy (non-hydrogen) atoms. The molecule has 0 heterocycles. The number of aliphatic hydroxyl groups excluding tert-OH is 1. The molecule has 4 aliphatic rings. The van der Waals surface area contributed by atoms with Crippen LogP contribution in [0.15, 0.2) is 0 Å². The number of fused-ring (bicyclic) bond motifs is 5. The van der Waals surface area contributed by atoms with Crippen LogP contribution in [0.4, 0.5) is 0 Å². The van der Waals surface area contributed by atoms with Crippen LogP contribution in [0.5, 0.6) is 0 Å². The summed E-state index contributed by atoms with van der Waals surface area (Å²) in [5.41, 5.74) is -0.392. The molecule has 0 aromatic heterocycles. The highest BCUT2D eigenvalue weighted by Crippen LogP contribution is 2.65. The first-order valence-electron chi connectivity index (χ1n) is 9.52. The number of rotatable bonds is 1. The zero-order chi connectivity index (χ0) is 17.3. The predicted octanol–water partition coefficient (Wildman–Crippen LogP) is 2.56. The third-order valence-corrected chi connectivity index (χ3v) is 8.44. The van der Waals surface area contributed by atoms with Crippen molar-refractivity contribution in [1.82, 2.24) is 0 Å². The normalized spacial score (nSPS) is 51.1. The maximum absolute atomic E-state index is 13.3. The number of aliphatic hydroxyl groups is 1. The van der Waals surface area contributed by atoms with E-state index in [4.69, 9.17) is 0 Å². The highest BCUT2D eigenvalue weighted by molar-refractivity contribution is 5.92. The molecular weight excluding hydrogens is 304 g/mol. The van der Waals surface area contributed by atoms with Crippen LogP contribution in [0.2, 0.25) is 0 Å². The second-order valence-electron chi connectivity index (χ2n) is 9.20. The van der Waals surface area contributed by atoms with Crippen molar-refractivity contribution < 1.29 is 19.5 Å². The SMILES string of the molecule is C[C@]12CCC3C(C(=O)[C@H](CO)[C@H]4CC(=O)CC[C@]34C)C1CCC2=O. The topological polar surface area (TPSA) is 71.4 Å². The van der Waals surface area contributed by atoms with E-state index < -0.39 is 5.92 Å².